The van der Waals surface area contributed by atoms with Gasteiger partial charge in [-0.05, 0) is 6.92 Å². The van der Waals surface area contributed by atoms with Crippen LogP contribution in [0.5, 0.6) is 0 Å². The first-order chi connectivity index (χ1) is 6.37. The number of carbonyl (C=O) groups excluding carboxylic acids is 3. The molecule has 0 radical (unpaired) electrons. The molecule has 1 N–H and O–H groups in total. The summed E-state index contributed by atoms with van der Waals surface area (Å²) in [7, 11) is 2.66. The predicted molar refractivity (Wildman–Crippen MR) is 47.8 cm³/mol. The number of ketones is 1. The van der Waals surface area contributed by atoms with Crippen molar-refractivity contribution in [1.29, 1.82) is 5.41 Å². The summed E-state index contributed by atoms with van der Waals surface area (Å²) in [6.45, 7) is 1.23. The minimum Gasteiger partial charge on any atom is -0.299 e. The number of carbonyl (C=O) groups is 3. The van der Waals surface area contributed by atoms with Gasteiger partial charge in [-0.15, -0.1) is 0 Å². The minimum absolute atomic E-state index is 0.259. The second-order valence-electron chi connectivity index (χ2n) is 3.17. The highest BCUT2D eigenvalue weighted by atomic mass is 16.2. The average Bonchev–Trinajstić information content (AvgIpc) is 2.11. The third-order valence-electron chi connectivity index (χ3n) is 2.19. The molecule has 0 saturated carbocycles. The van der Waals surface area contributed by atoms with Crippen molar-refractivity contribution >= 4 is 23.6 Å². The van der Waals surface area contributed by atoms with Gasteiger partial charge in [0.05, 0.1) is 0 Å². The summed E-state index contributed by atoms with van der Waals surface area (Å²) in [4.78, 5) is 35.7. The van der Waals surface area contributed by atoms with Gasteiger partial charge < -0.3 is 0 Å². The number of nitrogens with one attached hydrogen (secondary N) is 1. The van der Waals surface area contributed by atoms with Crippen molar-refractivity contribution in [1.82, 2.24) is 9.80 Å². The van der Waals surface area contributed by atoms with Gasteiger partial charge in [-0.3, -0.25) is 24.8 Å². The van der Waals surface area contributed by atoms with E-state index in [0.29, 0.717) is 0 Å². The van der Waals surface area contributed by atoms with Crippen LogP contribution in [0.4, 0.5) is 4.79 Å². The number of amides is 3. The summed E-state index contributed by atoms with van der Waals surface area (Å²) < 4.78 is 0. The van der Waals surface area contributed by atoms with Crippen molar-refractivity contribution < 1.29 is 14.4 Å². The molecule has 1 fully saturated rings. The van der Waals surface area contributed by atoms with Crippen LogP contribution < -0.4 is 0 Å². The zero-order valence-electron chi connectivity index (χ0n) is 8.20. The van der Waals surface area contributed by atoms with E-state index in [2.05, 4.69) is 0 Å². The lowest BCUT2D eigenvalue weighted by Crippen LogP contribution is -2.58. The molecule has 0 aromatic heterocycles. The lowest BCUT2D eigenvalue weighted by atomic mass is 9.99. The molecular formula is C8H11N3O3. The van der Waals surface area contributed by atoms with Gasteiger partial charge >= 0.3 is 6.03 Å². The Balaban J connectivity index is 3.10. The van der Waals surface area contributed by atoms with Crippen molar-refractivity contribution in [2.45, 2.75) is 6.92 Å². The third-order valence-corrected chi connectivity index (χ3v) is 2.19. The summed E-state index contributed by atoms with van der Waals surface area (Å²) in [5, 5.41) is 7.47. The first-order valence-corrected chi connectivity index (χ1v) is 4.02. The molecule has 6 nitrogen and oxygen atoms in total. The number of Topliss-reactive ketones (excluding diaryl/α,β-unsaturated/α-hetero) is 1. The summed E-state index contributed by atoms with van der Waals surface area (Å²) in [6, 6.07) is -0.586. The van der Waals surface area contributed by atoms with Gasteiger partial charge in [-0.25, -0.2) is 4.79 Å². The van der Waals surface area contributed by atoms with Crippen LogP contribution in [-0.4, -0.2) is 47.5 Å². The Bertz CT molecular complexity index is 313. The van der Waals surface area contributed by atoms with Gasteiger partial charge in [0.25, 0.3) is 0 Å². The summed E-state index contributed by atoms with van der Waals surface area (Å²) >= 11 is 0. The molecule has 0 aromatic carbocycles. The number of imide groups is 1. The molecule has 1 rings (SSSR count). The van der Waals surface area contributed by atoms with Gasteiger partial charge in [0.2, 0.25) is 5.91 Å². The number of hydrogen-bond acceptors (Lipinski definition) is 4. The van der Waals surface area contributed by atoms with Crippen LogP contribution in [0.1, 0.15) is 6.92 Å². The maximum Gasteiger partial charge on any atom is 0.331 e. The standard InChI is InChI=1S/C8H11N3O3/c1-4(12)5-6(9)10(2)8(14)11(3)7(5)13/h5,9H,1-3H3. The molecule has 14 heavy (non-hydrogen) atoms. The van der Waals surface area contributed by atoms with Crippen molar-refractivity contribution in [2.24, 2.45) is 5.92 Å². The van der Waals surface area contributed by atoms with E-state index < -0.39 is 23.6 Å². The largest absolute Gasteiger partial charge is 0.331 e. The van der Waals surface area contributed by atoms with Crippen LogP contribution in [0.3, 0.4) is 0 Å². The Kier molecular flexibility index (Phi) is 2.37. The summed E-state index contributed by atoms with van der Waals surface area (Å²) in [5.41, 5.74) is 0. The highest BCUT2D eigenvalue weighted by molar-refractivity contribution is 6.26. The molecule has 0 aliphatic carbocycles. The number of amidine groups is 1. The van der Waals surface area contributed by atoms with Gasteiger partial charge in [-0.2, -0.15) is 0 Å². The predicted octanol–water partition coefficient (Wildman–Crippen LogP) is -0.307. The van der Waals surface area contributed by atoms with Gasteiger partial charge in [0.1, 0.15) is 11.6 Å². The molecule has 1 aliphatic heterocycles. The Labute approximate surface area is 81.0 Å². The lowest BCUT2D eigenvalue weighted by molar-refractivity contribution is -0.136. The highest BCUT2D eigenvalue weighted by Crippen LogP contribution is 2.15. The van der Waals surface area contributed by atoms with E-state index in [9.17, 15) is 14.4 Å². The van der Waals surface area contributed by atoms with Crippen LogP contribution in [0, 0.1) is 11.3 Å². The molecule has 1 unspecified atom stereocenters. The first kappa shape index (κ1) is 10.4. The fraction of sp³-hybridized carbons (Fsp3) is 0.500. The molecular weight excluding hydrogens is 186 g/mol. The van der Waals surface area contributed by atoms with E-state index in [1.807, 2.05) is 0 Å². The quantitative estimate of drug-likeness (QED) is 0.585. The topological polar surface area (TPSA) is 81.5 Å². The van der Waals surface area contributed by atoms with E-state index in [-0.39, 0.29) is 5.84 Å². The van der Waals surface area contributed by atoms with Crippen LogP contribution in [0.15, 0.2) is 0 Å². The average molecular weight is 197 g/mol. The molecule has 0 spiro atoms. The summed E-state index contributed by atoms with van der Waals surface area (Å²) in [5.74, 6) is -2.45. The number of urea groups is 1. The number of rotatable bonds is 1. The van der Waals surface area contributed by atoms with E-state index in [1.165, 1.54) is 21.0 Å². The molecule has 0 bridgehead atoms. The Morgan fingerprint density at radius 1 is 1.29 bits per heavy atom. The smallest absolute Gasteiger partial charge is 0.299 e. The van der Waals surface area contributed by atoms with Crippen LogP contribution in [-0.2, 0) is 9.59 Å². The molecule has 6 heteroatoms. The zero-order chi connectivity index (χ0) is 11.0. The van der Waals surface area contributed by atoms with Crippen molar-refractivity contribution in [3.63, 3.8) is 0 Å². The molecule has 1 aliphatic rings. The minimum atomic E-state index is -1.14. The second kappa shape index (κ2) is 3.21. The van der Waals surface area contributed by atoms with E-state index in [4.69, 9.17) is 5.41 Å². The van der Waals surface area contributed by atoms with E-state index in [1.54, 1.807) is 0 Å². The van der Waals surface area contributed by atoms with E-state index >= 15 is 0 Å². The monoisotopic (exact) mass is 197 g/mol. The van der Waals surface area contributed by atoms with Gasteiger partial charge in [0, 0.05) is 14.1 Å². The van der Waals surface area contributed by atoms with E-state index in [0.717, 1.165) is 9.80 Å². The van der Waals surface area contributed by atoms with Crippen molar-refractivity contribution in [3.05, 3.63) is 0 Å². The maximum atomic E-state index is 11.4. The molecule has 3 amide bonds. The first-order valence-electron chi connectivity index (χ1n) is 4.02. The second-order valence-corrected chi connectivity index (χ2v) is 3.17. The van der Waals surface area contributed by atoms with Crippen molar-refractivity contribution in [2.75, 3.05) is 14.1 Å². The van der Waals surface area contributed by atoms with Crippen LogP contribution in [0.2, 0.25) is 0 Å². The normalized spacial score (nSPS) is 23.1. The Morgan fingerprint density at radius 2 is 1.79 bits per heavy atom. The van der Waals surface area contributed by atoms with Gasteiger partial charge in [-0.1, -0.05) is 0 Å². The van der Waals surface area contributed by atoms with Crippen LogP contribution >= 0.6 is 0 Å². The lowest BCUT2D eigenvalue weighted by Gasteiger charge is -2.33. The van der Waals surface area contributed by atoms with Gasteiger partial charge in [0.15, 0.2) is 5.92 Å². The number of nitrogens with zero attached hydrogens (tertiary/aromatic N) is 2. The fourth-order valence-corrected chi connectivity index (χ4v) is 1.29. The van der Waals surface area contributed by atoms with Crippen LogP contribution in [0.25, 0.3) is 0 Å². The Morgan fingerprint density at radius 3 is 2.21 bits per heavy atom. The molecule has 0 aromatic rings. The molecule has 1 atom stereocenters. The maximum absolute atomic E-state index is 11.4. The molecule has 1 heterocycles. The molecule has 76 valence electrons. The molecule has 1 saturated heterocycles. The Hall–Kier alpha value is -1.72. The fourth-order valence-electron chi connectivity index (χ4n) is 1.29. The zero-order valence-corrected chi connectivity index (χ0v) is 8.20. The van der Waals surface area contributed by atoms with Crippen molar-refractivity contribution in [3.8, 4) is 0 Å². The third kappa shape index (κ3) is 1.28. The highest BCUT2D eigenvalue weighted by Gasteiger charge is 2.42. The SMILES string of the molecule is CC(=O)C1C(=N)N(C)C(=O)N(C)C1=O. The number of hydrogen-bond donors (Lipinski definition) is 1. The summed E-state index contributed by atoms with van der Waals surface area (Å²) in [6.07, 6.45) is 0.